The molecule has 159 valence electrons. The zero-order chi connectivity index (χ0) is 22.0. The van der Waals surface area contributed by atoms with E-state index in [1.54, 1.807) is 7.11 Å². The molecule has 0 fully saturated rings. The first-order valence-corrected chi connectivity index (χ1v) is 10.4. The van der Waals surface area contributed by atoms with E-state index in [-0.39, 0.29) is 0 Å². The number of fused-ring (bicyclic) bond motifs is 1. The summed E-state index contributed by atoms with van der Waals surface area (Å²) in [5.41, 5.74) is 4.96. The summed E-state index contributed by atoms with van der Waals surface area (Å²) in [5, 5.41) is 11.6. The second-order valence-corrected chi connectivity index (χ2v) is 7.51. The summed E-state index contributed by atoms with van der Waals surface area (Å²) >= 11 is 6.13. The third-order valence-corrected chi connectivity index (χ3v) is 5.56. The summed E-state index contributed by atoms with van der Waals surface area (Å²) in [6.07, 6.45) is 0. The molecule has 7 heteroatoms. The Labute approximate surface area is 187 Å². The normalized spacial score (nSPS) is 10.9. The lowest BCUT2D eigenvalue weighted by Gasteiger charge is -2.12. The van der Waals surface area contributed by atoms with Gasteiger partial charge in [-0.2, -0.15) is 0 Å². The molecule has 4 aromatic rings. The van der Waals surface area contributed by atoms with Gasteiger partial charge in [-0.25, -0.2) is 4.98 Å². The molecule has 0 aliphatic rings. The van der Waals surface area contributed by atoms with Crippen molar-refractivity contribution in [3.05, 3.63) is 65.2 Å². The minimum atomic E-state index is 0.651. The molecule has 0 aliphatic heterocycles. The standard InChI is InChI=1S/C24H25ClN5O/c1-26-20-13-19(16-7-9-17(25)10-8-16)21-22(27-2)24(28-3)30(23(21)29-20)14-15-5-11-18(31-4)12-6-15/h5-12,27-28H,14H2,1-4H3,(H,26,29). The van der Waals surface area contributed by atoms with E-state index in [1.165, 1.54) is 0 Å². The van der Waals surface area contributed by atoms with Gasteiger partial charge >= 0.3 is 0 Å². The molecule has 0 saturated carbocycles. The lowest BCUT2D eigenvalue weighted by molar-refractivity contribution is 0.414. The van der Waals surface area contributed by atoms with Crippen LogP contribution < -0.4 is 20.7 Å². The van der Waals surface area contributed by atoms with Crippen molar-refractivity contribution in [2.45, 2.75) is 6.54 Å². The van der Waals surface area contributed by atoms with Crippen LogP contribution in [0.1, 0.15) is 5.56 Å². The van der Waals surface area contributed by atoms with Gasteiger partial charge in [0, 0.05) is 37.8 Å². The number of hydrogen-bond acceptors (Lipinski definition) is 5. The molecule has 6 nitrogen and oxygen atoms in total. The summed E-state index contributed by atoms with van der Waals surface area (Å²) in [5.74, 6) is 2.47. The maximum Gasteiger partial charge on any atom is 0.147 e. The van der Waals surface area contributed by atoms with Gasteiger partial charge < -0.3 is 25.3 Å². The second-order valence-electron chi connectivity index (χ2n) is 7.07. The molecule has 31 heavy (non-hydrogen) atoms. The van der Waals surface area contributed by atoms with Crippen LogP contribution in [-0.2, 0) is 6.54 Å². The molecule has 3 N–H and O–H groups in total. The molecule has 2 heterocycles. The highest BCUT2D eigenvalue weighted by molar-refractivity contribution is 6.30. The number of pyridine rings is 1. The summed E-state index contributed by atoms with van der Waals surface area (Å²) < 4.78 is 7.47. The first kappa shape index (κ1) is 20.9. The molecule has 2 aromatic carbocycles. The Balaban J connectivity index is 1.97. The lowest BCUT2D eigenvalue weighted by Crippen LogP contribution is -2.07. The zero-order valence-electron chi connectivity index (χ0n) is 18.0. The summed E-state index contributed by atoms with van der Waals surface area (Å²) in [7, 11) is 7.37. The van der Waals surface area contributed by atoms with Crippen LogP contribution >= 0.6 is 11.6 Å². The molecule has 0 unspecified atom stereocenters. The molecule has 0 spiro atoms. The number of aromatic nitrogens is 2. The number of anilines is 3. The molecule has 0 atom stereocenters. The van der Waals surface area contributed by atoms with Crippen molar-refractivity contribution < 1.29 is 4.74 Å². The first-order valence-electron chi connectivity index (χ1n) is 10.0. The predicted molar refractivity (Wildman–Crippen MR) is 130 cm³/mol. The highest BCUT2D eigenvalue weighted by Crippen LogP contribution is 2.41. The van der Waals surface area contributed by atoms with E-state index in [1.807, 2.05) is 57.5 Å². The largest absolute Gasteiger partial charge is 0.497 e. The Morgan fingerprint density at radius 1 is 0.968 bits per heavy atom. The highest BCUT2D eigenvalue weighted by Gasteiger charge is 2.22. The van der Waals surface area contributed by atoms with E-state index in [9.17, 15) is 0 Å². The smallest absolute Gasteiger partial charge is 0.147 e. The number of ether oxygens (including phenoxy) is 1. The lowest BCUT2D eigenvalue weighted by atomic mass is 10.0. The molecule has 0 saturated heterocycles. The van der Waals surface area contributed by atoms with Crippen LogP contribution in [0.2, 0.25) is 5.02 Å². The Bertz CT molecular complexity index is 1200. The van der Waals surface area contributed by atoms with Gasteiger partial charge in [0.2, 0.25) is 0 Å². The SMILES string of the molecule is CNc1[c]c(-c2ccc(Cl)cc2)c2c(NC)c(NC)n(Cc3ccc(OC)cc3)c2n1. The van der Waals surface area contributed by atoms with E-state index in [0.29, 0.717) is 17.4 Å². The van der Waals surface area contributed by atoms with Crippen LogP contribution in [0.3, 0.4) is 0 Å². The van der Waals surface area contributed by atoms with E-state index in [0.717, 1.165) is 45.0 Å². The topological polar surface area (TPSA) is 63.1 Å². The maximum atomic E-state index is 6.13. The van der Waals surface area contributed by atoms with Gasteiger partial charge in [0.05, 0.1) is 24.7 Å². The Morgan fingerprint density at radius 3 is 2.26 bits per heavy atom. The van der Waals surface area contributed by atoms with Crippen LogP contribution in [-0.4, -0.2) is 37.8 Å². The van der Waals surface area contributed by atoms with Gasteiger partial charge in [-0.15, -0.1) is 0 Å². The minimum absolute atomic E-state index is 0.651. The minimum Gasteiger partial charge on any atom is -0.497 e. The van der Waals surface area contributed by atoms with Gasteiger partial charge in [0.15, 0.2) is 0 Å². The van der Waals surface area contributed by atoms with Crippen molar-refractivity contribution in [1.82, 2.24) is 9.55 Å². The van der Waals surface area contributed by atoms with E-state index in [2.05, 4.69) is 38.7 Å². The number of methoxy groups -OCH3 is 1. The number of halogens is 1. The van der Waals surface area contributed by atoms with E-state index < -0.39 is 0 Å². The van der Waals surface area contributed by atoms with Crippen LogP contribution in [0.25, 0.3) is 22.2 Å². The van der Waals surface area contributed by atoms with Gasteiger partial charge in [-0.1, -0.05) is 35.9 Å². The number of nitrogens with zero attached hydrogens (tertiary/aromatic N) is 2. The molecule has 0 bridgehead atoms. The number of nitrogens with one attached hydrogen (secondary N) is 3. The maximum absolute atomic E-state index is 6.13. The molecule has 0 amide bonds. The van der Waals surface area contributed by atoms with Crippen molar-refractivity contribution in [1.29, 1.82) is 0 Å². The van der Waals surface area contributed by atoms with Crippen molar-refractivity contribution in [3.63, 3.8) is 0 Å². The zero-order valence-corrected chi connectivity index (χ0v) is 18.8. The van der Waals surface area contributed by atoms with E-state index in [4.69, 9.17) is 21.3 Å². The molecule has 2 aromatic heterocycles. The van der Waals surface area contributed by atoms with Crippen LogP contribution in [0.5, 0.6) is 5.75 Å². The fraction of sp³-hybridized carbons (Fsp3) is 0.208. The third-order valence-electron chi connectivity index (χ3n) is 5.30. The van der Waals surface area contributed by atoms with E-state index >= 15 is 0 Å². The summed E-state index contributed by atoms with van der Waals surface area (Å²) in [4.78, 5) is 4.87. The molecular weight excluding hydrogens is 410 g/mol. The Hall–Kier alpha value is -3.38. The quantitative estimate of drug-likeness (QED) is 0.366. The van der Waals surface area contributed by atoms with Crippen molar-refractivity contribution in [2.24, 2.45) is 0 Å². The van der Waals surface area contributed by atoms with Crippen molar-refractivity contribution in [2.75, 3.05) is 44.2 Å². The predicted octanol–water partition coefficient (Wildman–Crippen LogP) is 5.34. The van der Waals surface area contributed by atoms with Crippen LogP contribution in [0, 0.1) is 6.07 Å². The van der Waals surface area contributed by atoms with Crippen LogP contribution in [0.4, 0.5) is 17.3 Å². The number of benzene rings is 2. The average molecular weight is 435 g/mol. The monoisotopic (exact) mass is 434 g/mol. The summed E-state index contributed by atoms with van der Waals surface area (Å²) in [6, 6.07) is 19.3. The van der Waals surface area contributed by atoms with Crippen molar-refractivity contribution >= 4 is 40.0 Å². The fourth-order valence-electron chi connectivity index (χ4n) is 3.80. The Kier molecular flexibility index (Phi) is 5.91. The molecular formula is C24H25ClN5O. The highest BCUT2D eigenvalue weighted by atomic mass is 35.5. The summed E-state index contributed by atoms with van der Waals surface area (Å²) in [6.45, 7) is 0.651. The Morgan fingerprint density at radius 2 is 1.68 bits per heavy atom. The average Bonchev–Trinajstić information content (AvgIpc) is 3.11. The molecule has 4 rings (SSSR count). The second kappa shape index (κ2) is 8.78. The van der Waals surface area contributed by atoms with Crippen molar-refractivity contribution in [3.8, 4) is 16.9 Å². The van der Waals surface area contributed by atoms with Gasteiger partial charge in [0.1, 0.15) is 23.0 Å². The number of rotatable bonds is 7. The van der Waals surface area contributed by atoms with Gasteiger partial charge in [-0.3, -0.25) is 0 Å². The van der Waals surface area contributed by atoms with Gasteiger partial charge in [0.25, 0.3) is 0 Å². The molecule has 0 aliphatic carbocycles. The van der Waals surface area contributed by atoms with Crippen LogP contribution in [0.15, 0.2) is 48.5 Å². The first-order chi connectivity index (χ1) is 15.1. The van der Waals surface area contributed by atoms with Gasteiger partial charge in [-0.05, 0) is 35.4 Å². The number of hydrogen-bond donors (Lipinski definition) is 3. The molecule has 1 radical (unpaired) electrons. The fourth-order valence-corrected chi connectivity index (χ4v) is 3.92. The third kappa shape index (κ3) is 3.86.